The van der Waals surface area contributed by atoms with E-state index < -0.39 is 17.5 Å². The lowest BCUT2D eigenvalue weighted by Gasteiger charge is -2.30. The molecule has 1 amide bonds. The highest BCUT2D eigenvalue weighted by molar-refractivity contribution is 6.01. The third-order valence-corrected chi connectivity index (χ3v) is 5.57. The minimum atomic E-state index is -0.765. The zero-order valence-electron chi connectivity index (χ0n) is 17.2. The van der Waals surface area contributed by atoms with Gasteiger partial charge in [0.2, 0.25) is 0 Å². The number of nitro benzene ring substituents is 1. The number of ether oxygens (including phenoxy) is 2. The molecule has 9 nitrogen and oxygen atoms in total. The maximum atomic E-state index is 12.9. The van der Waals surface area contributed by atoms with Crippen LogP contribution in [-0.4, -0.2) is 55.8 Å². The second kappa shape index (κ2) is 8.73. The summed E-state index contributed by atoms with van der Waals surface area (Å²) < 4.78 is 10.7. The van der Waals surface area contributed by atoms with Crippen LogP contribution < -0.4 is 9.80 Å². The summed E-state index contributed by atoms with van der Waals surface area (Å²) >= 11 is 0. The number of carbonyl (C=O) groups excluding carboxylic acids is 2. The van der Waals surface area contributed by atoms with Gasteiger partial charge in [-0.3, -0.25) is 14.9 Å². The maximum Gasteiger partial charge on any atom is 0.341 e. The summed E-state index contributed by atoms with van der Waals surface area (Å²) in [6.45, 7) is 3.60. The average Bonchev–Trinajstić information content (AvgIpc) is 3.13. The van der Waals surface area contributed by atoms with Crippen LogP contribution in [0, 0.1) is 10.1 Å². The number of nitro groups is 1. The average molecular weight is 425 g/mol. The van der Waals surface area contributed by atoms with Crippen LogP contribution >= 0.6 is 0 Å². The van der Waals surface area contributed by atoms with Crippen LogP contribution in [0.15, 0.2) is 42.5 Å². The Morgan fingerprint density at radius 1 is 1.16 bits per heavy atom. The quantitative estimate of drug-likeness (QED) is 0.412. The van der Waals surface area contributed by atoms with Gasteiger partial charge in [0, 0.05) is 37.0 Å². The van der Waals surface area contributed by atoms with Crippen molar-refractivity contribution in [3.05, 3.63) is 63.7 Å². The molecule has 0 spiro atoms. The Morgan fingerprint density at radius 2 is 1.90 bits per heavy atom. The number of benzene rings is 2. The number of non-ortho nitro benzene ring substituents is 1. The number of amides is 1. The number of nitrogens with zero attached hydrogens (tertiary/aromatic N) is 3. The highest BCUT2D eigenvalue weighted by atomic mass is 16.6. The van der Waals surface area contributed by atoms with Gasteiger partial charge < -0.3 is 19.3 Å². The van der Waals surface area contributed by atoms with E-state index in [0.29, 0.717) is 32.0 Å². The molecule has 0 radical (unpaired) electrons. The van der Waals surface area contributed by atoms with Crippen molar-refractivity contribution in [2.75, 3.05) is 42.7 Å². The molecule has 1 saturated heterocycles. The molecule has 0 N–H and O–H groups in total. The summed E-state index contributed by atoms with van der Waals surface area (Å²) in [7, 11) is 0. The summed E-state index contributed by atoms with van der Waals surface area (Å²) in [6, 6.07) is 11.7. The van der Waals surface area contributed by atoms with Crippen molar-refractivity contribution >= 4 is 28.9 Å². The summed E-state index contributed by atoms with van der Waals surface area (Å²) in [5.74, 6) is -1.09. The van der Waals surface area contributed by atoms with Gasteiger partial charge in [0.25, 0.3) is 11.6 Å². The van der Waals surface area contributed by atoms with E-state index in [0.717, 1.165) is 17.7 Å². The van der Waals surface area contributed by atoms with E-state index >= 15 is 0 Å². The third kappa shape index (κ3) is 4.22. The molecule has 0 bridgehead atoms. The first-order valence-electron chi connectivity index (χ1n) is 10.1. The SMILES string of the molecule is CC1Cc2ccccc2N1C(=O)COC(=O)c1cc([N+](=O)[O-])ccc1N1CCOCC1. The number of carbonyl (C=O) groups is 2. The Balaban J connectivity index is 1.52. The number of fused-ring (bicyclic) bond motifs is 1. The number of anilines is 2. The number of hydrogen-bond donors (Lipinski definition) is 0. The molecule has 9 heteroatoms. The predicted octanol–water partition coefficient (Wildman–Crippen LogP) is 2.57. The van der Waals surface area contributed by atoms with Gasteiger partial charge in [-0.1, -0.05) is 18.2 Å². The second-order valence-electron chi connectivity index (χ2n) is 7.58. The van der Waals surface area contributed by atoms with E-state index in [1.54, 1.807) is 11.0 Å². The van der Waals surface area contributed by atoms with Gasteiger partial charge >= 0.3 is 5.97 Å². The molecule has 1 atom stereocenters. The number of morpholine rings is 1. The standard InChI is InChI=1S/C22H23N3O6/c1-15-12-16-4-2-3-5-19(16)24(15)21(26)14-31-22(27)18-13-17(25(28)29)6-7-20(18)23-8-10-30-11-9-23/h2-7,13,15H,8-12,14H2,1H3. The van der Waals surface area contributed by atoms with Crippen molar-refractivity contribution in [3.63, 3.8) is 0 Å². The fourth-order valence-electron chi connectivity index (χ4n) is 4.10. The van der Waals surface area contributed by atoms with Gasteiger partial charge in [-0.25, -0.2) is 4.79 Å². The van der Waals surface area contributed by atoms with Crippen molar-refractivity contribution in [2.45, 2.75) is 19.4 Å². The van der Waals surface area contributed by atoms with Crippen molar-refractivity contribution in [2.24, 2.45) is 0 Å². The van der Waals surface area contributed by atoms with E-state index in [1.165, 1.54) is 12.1 Å². The highest BCUT2D eigenvalue weighted by Crippen LogP contribution is 2.32. The Bertz CT molecular complexity index is 1020. The molecule has 0 saturated carbocycles. The van der Waals surface area contributed by atoms with E-state index in [-0.39, 0.29) is 23.2 Å². The number of para-hydroxylation sites is 1. The maximum absolute atomic E-state index is 12.9. The summed E-state index contributed by atoms with van der Waals surface area (Å²) in [6.07, 6.45) is 0.738. The first-order valence-corrected chi connectivity index (χ1v) is 10.1. The van der Waals surface area contributed by atoms with E-state index in [4.69, 9.17) is 9.47 Å². The van der Waals surface area contributed by atoms with E-state index in [1.807, 2.05) is 36.1 Å². The first kappa shape index (κ1) is 20.8. The molecule has 2 aliphatic rings. The van der Waals surface area contributed by atoms with Crippen LogP contribution in [0.3, 0.4) is 0 Å². The van der Waals surface area contributed by atoms with Crippen LogP contribution in [0.25, 0.3) is 0 Å². The topological polar surface area (TPSA) is 102 Å². The molecular formula is C22H23N3O6. The normalized spacial score (nSPS) is 17.9. The molecule has 162 valence electrons. The van der Waals surface area contributed by atoms with Gasteiger partial charge in [-0.2, -0.15) is 0 Å². The lowest BCUT2D eigenvalue weighted by Crippen LogP contribution is -2.39. The zero-order chi connectivity index (χ0) is 22.0. The van der Waals surface area contributed by atoms with Crippen molar-refractivity contribution < 1.29 is 24.0 Å². The molecule has 0 aliphatic carbocycles. The van der Waals surface area contributed by atoms with Crippen LogP contribution in [-0.2, 0) is 20.7 Å². The largest absolute Gasteiger partial charge is 0.452 e. The molecule has 0 aromatic heterocycles. The lowest BCUT2D eigenvalue weighted by atomic mass is 10.1. The third-order valence-electron chi connectivity index (χ3n) is 5.57. The van der Waals surface area contributed by atoms with Crippen molar-refractivity contribution in [1.82, 2.24) is 0 Å². The fraction of sp³-hybridized carbons (Fsp3) is 0.364. The molecule has 2 aliphatic heterocycles. The summed E-state index contributed by atoms with van der Waals surface area (Å²) in [5.41, 5.74) is 2.28. The van der Waals surface area contributed by atoms with Crippen LogP contribution in [0.4, 0.5) is 17.1 Å². The van der Waals surface area contributed by atoms with Gasteiger partial charge in [-0.15, -0.1) is 0 Å². The zero-order valence-corrected chi connectivity index (χ0v) is 17.2. The Morgan fingerprint density at radius 3 is 2.65 bits per heavy atom. The Kier molecular flexibility index (Phi) is 5.85. The highest BCUT2D eigenvalue weighted by Gasteiger charge is 2.31. The van der Waals surface area contributed by atoms with Crippen molar-refractivity contribution in [3.8, 4) is 0 Å². The molecule has 1 unspecified atom stereocenters. The van der Waals surface area contributed by atoms with Gasteiger partial charge in [-0.05, 0) is 31.0 Å². The molecule has 1 fully saturated rings. The number of esters is 1. The van der Waals surface area contributed by atoms with E-state index in [9.17, 15) is 19.7 Å². The first-order chi connectivity index (χ1) is 15.0. The molecular weight excluding hydrogens is 402 g/mol. The van der Waals surface area contributed by atoms with Crippen molar-refractivity contribution in [1.29, 1.82) is 0 Å². The van der Waals surface area contributed by atoms with E-state index in [2.05, 4.69) is 0 Å². The monoisotopic (exact) mass is 425 g/mol. The van der Waals surface area contributed by atoms with Gasteiger partial charge in [0.15, 0.2) is 6.61 Å². The Hall–Kier alpha value is -3.46. The fourth-order valence-corrected chi connectivity index (χ4v) is 4.10. The molecule has 2 aromatic rings. The minimum Gasteiger partial charge on any atom is -0.452 e. The van der Waals surface area contributed by atoms with Gasteiger partial charge in [0.05, 0.1) is 29.4 Å². The molecule has 31 heavy (non-hydrogen) atoms. The molecule has 2 aromatic carbocycles. The smallest absolute Gasteiger partial charge is 0.341 e. The number of rotatable bonds is 5. The Labute approximate surface area is 179 Å². The minimum absolute atomic E-state index is 0.0367. The van der Waals surface area contributed by atoms with Crippen LogP contribution in [0.2, 0.25) is 0 Å². The predicted molar refractivity (Wildman–Crippen MR) is 114 cm³/mol. The summed E-state index contributed by atoms with van der Waals surface area (Å²) in [5, 5.41) is 11.2. The molecule has 2 heterocycles. The van der Waals surface area contributed by atoms with Crippen LogP contribution in [0.5, 0.6) is 0 Å². The molecule has 4 rings (SSSR count). The summed E-state index contributed by atoms with van der Waals surface area (Å²) in [4.78, 5) is 39.9. The second-order valence-corrected chi connectivity index (χ2v) is 7.58. The van der Waals surface area contributed by atoms with Crippen LogP contribution in [0.1, 0.15) is 22.8 Å². The van der Waals surface area contributed by atoms with Gasteiger partial charge in [0.1, 0.15) is 0 Å². The number of hydrogen-bond acceptors (Lipinski definition) is 7. The lowest BCUT2D eigenvalue weighted by molar-refractivity contribution is -0.384.